The standard InChI is InChI=1S/C19H24N2O4S/c1-20(2)15-9-7-14(8-10-15)13-17-19(23)16-5-3-4-6-18(16)26(24,25)21(17)11-12-22/h3-10,17,19,22-23H,11-13H2,1-2H3/t17-,19+/m1/s1. The largest absolute Gasteiger partial charge is 0.395 e. The van der Waals surface area contributed by atoms with E-state index in [4.69, 9.17) is 0 Å². The van der Waals surface area contributed by atoms with Crippen LogP contribution in [0.1, 0.15) is 17.2 Å². The highest BCUT2D eigenvalue weighted by Crippen LogP contribution is 2.37. The summed E-state index contributed by atoms with van der Waals surface area (Å²) in [5.74, 6) is 0. The Morgan fingerprint density at radius 3 is 2.35 bits per heavy atom. The average molecular weight is 376 g/mol. The Bertz CT molecular complexity index is 865. The SMILES string of the molecule is CN(C)c1ccc(C[C@@H]2[C@@H](O)c3ccccc3S(=O)(=O)N2CCO)cc1. The zero-order valence-electron chi connectivity index (χ0n) is 14.9. The molecule has 0 saturated heterocycles. The van der Waals surface area contributed by atoms with Crippen LogP contribution >= 0.6 is 0 Å². The molecule has 6 nitrogen and oxygen atoms in total. The topological polar surface area (TPSA) is 81.1 Å². The molecule has 2 aromatic carbocycles. The number of anilines is 1. The molecule has 2 aromatic rings. The summed E-state index contributed by atoms with van der Waals surface area (Å²) in [6, 6.07) is 13.7. The van der Waals surface area contributed by atoms with Gasteiger partial charge in [-0.05, 0) is 30.2 Å². The Morgan fingerprint density at radius 2 is 1.73 bits per heavy atom. The second-order valence-corrected chi connectivity index (χ2v) is 8.51. The van der Waals surface area contributed by atoms with Gasteiger partial charge >= 0.3 is 0 Å². The van der Waals surface area contributed by atoms with E-state index >= 15 is 0 Å². The first kappa shape index (κ1) is 18.8. The Morgan fingerprint density at radius 1 is 1.08 bits per heavy atom. The molecule has 2 N–H and O–H groups in total. The van der Waals surface area contributed by atoms with E-state index in [1.807, 2.05) is 43.3 Å². The lowest BCUT2D eigenvalue weighted by molar-refractivity contribution is 0.0725. The van der Waals surface area contributed by atoms with E-state index < -0.39 is 22.2 Å². The number of hydrogen-bond acceptors (Lipinski definition) is 5. The van der Waals surface area contributed by atoms with Crippen LogP contribution < -0.4 is 4.90 Å². The molecule has 0 amide bonds. The van der Waals surface area contributed by atoms with Crippen molar-refractivity contribution in [1.29, 1.82) is 0 Å². The second-order valence-electron chi connectivity index (χ2n) is 6.65. The second kappa shape index (κ2) is 7.36. The van der Waals surface area contributed by atoms with E-state index in [1.165, 1.54) is 10.4 Å². The molecule has 0 aliphatic carbocycles. The van der Waals surface area contributed by atoms with Crippen molar-refractivity contribution in [3.63, 3.8) is 0 Å². The van der Waals surface area contributed by atoms with Crippen molar-refractivity contribution in [2.24, 2.45) is 0 Å². The van der Waals surface area contributed by atoms with Crippen LogP contribution in [0.3, 0.4) is 0 Å². The number of aliphatic hydroxyl groups excluding tert-OH is 2. The highest BCUT2D eigenvalue weighted by Gasteiger charge is 2.43. The van der Waals surface area contributed by atoms with Gasteiger partial charge in [-0.25, -0.2) is 8.42 Å². The van der Waals surface area contributed by atoms with Crippen molar-refractivity contribution in [3.05, 3.63) is 59.7 Å². The summed E-state index contributed by atoms with van der Waals surface area (Å²) in [7, 11) is 0.138. The van der Waals surface area contributed by atoms with Crippen molar-refractivity contribution in [2.75, 3.05) is 32.1 Å². The molecule has 1 aliphatic heterocycles. The van der Waals surface area contributed by atoms with Crippen LogP contribution in [0.5, 0.6) is 0 Å². The maximum absolute atomic E-state index is 13.0. The minimum absolute atomic E-state index is 0.0474. The van der Waals surface area contributed by atoms with Crippen LogP contribution in [0.2, 0.25) is 0 Å². The fraction of sp³-hybridized carbons (Fsp3) is 0.368. The summed E-state index contributed by atoms with van der Waals surface area (Å²) in [4.78, 5) is 2.10. The number of benzene rings is 2. The first-order valence-corrected chi connectivity index (χ1v) is 9.96. The third kappa shape index (κ3) is 3.35. The molecule has 2 atom stereocenters. The van der Waals surface area contributed by atoms with Gasteiger partial charge in [0.15, 0.2) is 0 Å². The number of aliphatic hydroxyl groups is 2. The van der Waals surface area contributed by atoms with Crippen molar-refractivity contribution in [1.82, 2.24) is 4.31 Å². The van der Waals surface area contributed by atoms with Crippen molar-refractivity contribution >= 4 is 15.7 Å². The van der Waals surface area contributed by atoms with Gasteiger partial charge in [0, 0.05) is 31.9 Å². The number of fused-ring (bicyclic) bond motifs is 1. The molecule has 1 heterocycles. The minimum Gasteiger partial charge on any atom is -0.395 e. The summed E-state index contributed by atoms with van der Waals surface area (Å²) in [6.45, 7) is -0.349. The van der Waals surface area contributed by atoms with E-state index in [1.54, 1.807) is 18.2 Å². The lowest BCUT2D eigenvalue weighted by Gasteiger charge is -2.39. The monoisotopic (exact) mass is 376 g/mol. The Kier molecular flexibility index (Phi) is 5.34. The van der Waals surface area contributed by atoms with Crippen LogP contribution in [0.25, 0.3) is 0 Å². The van der Waals surface area contributed by atoms with Gasteiger partial charge < -0.3 is 15.1 Å². The van der Waals surface area contributed by atoms with Gasteiger partial charge in [-0.15, -0.1) is 0 Å². The summed E-state index contributed by atoms with van der Waals surface area (Å²) >= 11 is 0. The van der Waals surface area contributed by atoms with E-state index in [9.17, 15) is 18.6 Å². The highest BCUT2D eigenvalue weighted by molar-refractivity contribution is 7.89. The average Bonchev–Trinajstić information content (AvgIpc) is 2.63. The predicted octanol–water partition coefficient (Wildman–Crippen LogP) is 1.39. The van der Waals surface area contributed by atoms with Gasteiger partial charge in [-0.1, -0.05) is 30.3 Å². The Hall–Kier alpha value is -1.93. The molecule has 3 rings (SSSR count). The summed E-state index contributed by atoms with van der Waals surface area (Å²) in [5, 5.41) is 20.2. The van der Waals surface area contributed by atoms with Crippen molar-refractivity contribution < 1.29 is 18.6 Å². The molecule has 7 heteroatoms. The molecular weight excluding hydrogens is 352 g/mol. The van der Waals surface area contributed by atoms with Gasteiger partial charge in [0.2, 0.25) is 10.0 Å². The fourth-order valence-electron chi connectivity index (χ4n) is 3.40. The van der Waals surface area contributed by atoms with Crippen LogP contribution in [-0.4, -0.2) is 56.2 Å². The molecule has 0 bridgehead atoms. The number of β-amino-alcohol motifs (C(OH)–C–C–N with tert-alkyl or cyclic N) is 1. The first-order chi connectivity index (χ1) is 12.4. The maximum atomic E-state index is 13.0. The van der Waals surface area contributed by atoms with Gasteiger partial charge in [0.25, 0.3) is 0 Å². The number of sulfonamides is 1. The number of hydrogen-bond donors (Lipinski definition) is 2. The molecular formula is C19H24N2O4S. The molecule has 0 radical (unpaired) electrons. The molecule has 0 aromatic heterocycles. The van der Waals surface area contributed by atoms with Crippen LogP contribution in [0.15, 0.2) is 53.4 Å². The lowest BCUT2D eigenvalue weighted by atomic mass is 9.95. The van der Waals surface area contributed by atoms with E-state index in [-0.39, 0.29) is 18.0 Å². The van der Waals surface area contributed by atoms with Gasteiger partial charge in [0.05, 0.1) is 23.6 Å². The highest BCUT2D eigenvalue weighted by atomic mass is 32.2. The molecule has 26 heavy (non-hydrogen) atoms. The van der Waals surface area contributed by atoms with Crippen molar-refractivity contribution in [2.45, 2.75) is 23.5 Å². The molecule has 0 saturated carbocycles. The maximum Gasteiger partial charge on any atom is 0.243 e. The third-order valence-corrected chi connectivity index (χ3v) is 6.78. The quantitative estimate of drug-likeness (QED) is 0.824. The van der Waals surface area contributed by atoms with Crippen LogP contribution in [0, 0.1) is 0 Å². The Balaban J connectivity index is 1.98. The predicted molar refractivity (Wildman–Crippen MR) is 101 cm³/mol. The third-order valence-electron chi connectivity index (χ3n) is 4.78. The number of rotatable bonds is 5. The minimum atomic E-state index is -3.76. The van der Waals surface area contributed by atoms with Gasteiger partial charge in [-0.2, -0.15) is 4.31 Å². The zero-order valence-corrected chi connectivity index (χ0v) is 15.7. The fourth-order valence-corrected chi connectivity index (χ4v) is 5.26. The molecule has 0 unspecified atom stereocenters. The van der Waals surface area contributed by atoms with Crippen LogP contribution in [0.4, 0.5) is 5.69 Å². The van der Waals surface area contributed by atoms with Crippen molar-refractivity contribution in [3.8, 4) is 0 Å². The van der Waals surface area contributed by atoms with Crippen LogP contribution in [-0.2, 0) is 16.4 Å². The smallest absolute Gasteiger partial charge is 0.243 e. The van der Waals surface area contributed by atoms with E-state index in [2.05, 4.69) is 0 Å². The molecule has 140 valence electrons. The Labute approximate surface area is 154 Å². The van der Waals surface area contributed by atoms with Gasteiger partial charge in [-0.3, -0.25) is 0 Å². The van der Waals surface area contributed by atoms with E-state index in [0.29, 0.717) is 12.0 Å². The normalized spacial score (nSPS) is 22.0. The van der Waals surface area contributed by atoms with Gasteiger partial charge in [0.1, 0.15) is 0 Å². The van der Waals surface area contributed by atoms with E-state index in [0.717, 1.165) is 11.3 Å². The molecule has 0 fully saturated rings. The summed E-state index contributed by atoms with van der Waals surface area (Å²) < 4.78 is 27.2. The first-order valence-electron chi connectivity index (χ1n) is 8.52. The molecule has 1 aliphatic rings. The summed E-state index contributed by atoms with van der Waals surface area (Å²) in [6.07, 6.45) is -0.586. The number of nitrogens with zero attached hydrogens (tertiary/aromatic N) is 2. The zero-order chi connectivity index (χ0) is 18.9. The lowest BCUT2D eigenvalue weighted by Crippen LogP contribution is -2.50. The summed E-state index contributed by atoms with van der Waals surface area (Å²) in [5.41, 5.74) is 2.39. The molecule has 0 spiro atoms.